The molecule has 2 rings (SSSR count). The summed E-state index contributed by atoms with van der Waals surface area (Å²) in [5.74, 6) is 0. The van der Waals surface area contributed by atoms with E-state index in [4.69, 9.17) is 5.53 Å². The van der Waals surface area contributed by atoms with Gasteiger partial charge in [-0.05, 0) is 36.8 Å². The third-order valence-electron chi connectivity index (χ3n) is 3.51. The van der Waals surface area contributed by atoms with E-state index in [1.54, 1.807) is 0 Å². The van der Waals surface area contributed by atoms with Crippen LogP contribution in [-0.4, -0.2) is 5.54 Å². The van der Waals surface area contributed by atoms with Gasteiger partial charge in [0.05, 0.1) is 0 Å². The molecule has 0 bridgehead atoms. The van der Waals surface area contributed by atoms with Gasteiger partial charge in [0, 0.05) is 10.5 Å². The van der Waals surface area contributed by atoms with Gasteiger partial charge in [-0.25, -0.2) is 0 Å². The second-order valence-corrected chi connectivity index (χ2v) is 4.61. The minimum atomic E-state index is -0.0927. The molecular formula is C13H17N3. The second kappa shape index (κ2) is 5.04. The fraction of sp³-hybridized carbons (Fsp3) is 0.538. The predicted molar refractivity (Wildman–Crippen MR) is 65.1 cm³/mol. The van der Waals surface area contributed by atoms with Crippen LogP contribution in [0.25, 0.3) is 10.4 Å². The molecule has 0 spiro atoms. The lowest BCUT2D eigenvalue weighted by atomic mass is 9.91. The zero-order chi connectivity index (χ0) is 11.3. The van der Waals surface area contributed by atoms with Crippen molar-refractivity contribution >= 4 is 0 Å². The van der Waals surface area contributed by atoms with Gasteiger partial charge in [0.2, 0.25) is 0 Å². The number of rotatable bonds is 4. The molecule has 0 N–H and O–H groups in total. The fourth-order valence-electron chi connectivity index (χ4n) is 2.55. The van der Waals surface area contributed by atoms with Crippen molar-refractivity contribution in [2.45, 2.75) is 44.1 Å². The second-order valence-electron chi connectivity index (χ2n) is 4.61. The van der Waals surface area contributed by atoms with E-state index in [2.05, 4.69) is 34.3 Å². The summed E-state index contributed by atoms with van der Waals surface area (Å²) < 4.78 is 0. The van der Waals surface area contributed by atoms with Crippen LogP contribution in [0.2, 0.25) is 0 Å². The fourth-order valence-corrected chi connectivity index (χ4v) is 2.55. The molecule has 1 saturated carbocycles. The highest BCUT2D eigenvalue weighted by molar-refractivity contribution is 5.15. The summed E-state index contributed by atoms with van der Waals surface area (Å²) in [4.78, 5) is 3.03. The molecule has 3 heteroatoms. The van der Waals surface area contributed by atoms with Crippen LogP contribution < -0.4 is 0 Å². The third-order valence-corrected chi connectivity index (χ3v) is 3.51. The van der Waals surface area contributed by atoms with Gasteiger partial charge in [-0.3, -0.25) is 0 Å². The first-order valence-corrected chi connectivity index (χ1v) is 5.95. The van der Waals surface area contributed by atoms with E-state index in [0.29, 0.717) is 0 Å². The number of benzene rings is 1. The summed E-state index contributed by atoms with van der Waals surface area (Å²) >= 11 is 0. The topological polar surface area (TPSA) is 48.8 Å². The summed E-state index contributed by atoms with van der Waals surface area (Å²) in [6.45, 7) is 0. The summed E-state index contributed by atoms with van der Waals surface area (Å²) in [5.41, 5.74) is 9.89. The molecule has 3 nitrogen and oxygen atoms in total. The van der Waals surface area contributed by atoms with Gasteiger partial charge in [0.1, 0.15) is 0 Å². The SMILES string of the molecule is [N-]=[N+]=NC1(CCc2ccccc2)CCCC1. The smallest absolute Gasteiger partial charge is 0.0491 e. The van der Waals surface area contributed by atoms with Crippen molar-refractivity contribution < 1.29 is 0 Å². The molecule has 1 aromatic carbocycles. The number of hydrogen-bond acceptors (Lipinski definition) is 1. The zero-order valence-corrected chi connectivity index (χ0v) is 9.47. The lowest BCUT2D eigenvalue weighted by molar-refractivity contribution is 0.404. The van der Waals surface area contributed by atoms with E-state index < -0.39 is 0 Å². The summed E-state index contributed by atoms with van der Waals surface area (Å²) in [6.07, 6.45) is 6.52. The molecule has 1 fully saturated rings. The van der Waals surface area contributed by atoms with Crippen LogP contribution in [0.5, 0.6) is 0 Å². The van der Waals surface area contributed by atoms with Gasteiger partial charge >= 0.3 is 0 Å². The van der Waals surface area contributed by atoms with Crippen LogP contribution in [0, 0.1) is 0 Å². The number of aryl methyl sites for hydroxylation is 1. The maximum atomic E-state index is 8.65. The average Bonchev–Trinajstić information content (AvgIpc) is 2.78. The molecule has 16 heavy (non-hydrogen) atoms. The number of azide groups is 1. The molecule has 1 aliphatic rings. The lowest BCUT2D eigenvalue weighted by Gasteiger charge is -2.22. The van der Waals surface area contributed by atoms with Gasteiger partial charge in [0.15, 0.2) is 0 Å². The Morgan fingerprint density at radius 1 is 1.19 bits per heavy atom. The first kappa shape index (κ1) is 11.0. The van der Waals surface area contributed by atoms with E-state index in [9.17, 15) is 0 Å². The Hall–Kier alpha value is -1.47. The molecule has 0 saturated heterocycles. The molecule has 84 valence electrons. The van der Waals surface area contributed by atoms with Gasteiger partial charge in [-0.1, -0.05) is 48.3 Å². The largest absolute Gasteiger partial charge is 0.0873 e. The lowest BCUT2D eigenvalue weighted by Crippen LogP contribution is -2.21. The van der Waals surface area contributed by atoms with E-state index in [-0.39, 0.29) is 5.54 Å². The summed E-state index contributed by atoms with van der Waals surface area (Å²) in [5, 5.41) is 4.05. The van der Waals surface area contributed by atoms with Crippen molar-refractivity contribution in [3.8, 4) is 0 Å². The van der Waals surface area contributed by atoms with E-state index in [1.807, 2.05) is 6.07 Å². The first-order valence-electron chi connectivity index (χ1n) is 5.95. The maximum absolute atomic E-state index is 8.65. The molecular weight excluding hydrogens is 198 g/mol. The summed E-state index contributed by atoms with van der Waals surface area (Å²) in [7, 11) is 0. The first-order chi connectivity index (χ1) is 7.85. The van der Waals surface area contributed by atoms with Gasteiger partial charge in [-0.15, -0.1) is 0 Å². The van der Waals surface area contributed by atoms with E-state index >= 15 is 0 Å². The van der Waals surface area contributed by atoms with Crippen molar-refractivity contribution in [3.05, 3.63) is 46.3 Å². The standard InChI is InChI=1S/C13H17N3/c14-16-15-13(9-4-5-10-13)11-8-12-6-2-1-3-7-12/h1-3,6-7H,4-5,8-11H2. The van der Waals surface area contributed by atoms with Crippen molar-refractivity contribution in [3.63, 3.8) is 0 Å². The highest BCUT2D eigenvalue weighted by Gasteiger charge is 2.32. The molecule has 1 aromatic rings. The van der Waals surface area contributed by atoms with Crippen LogP contribution in [0.1, 0.15) is 37.7 Å². The molecule has 0 aliphatic heterocycles. The Bertz CT molecular complexity index is 373. The quantitative estimate of drug-likeness (QED) is 0.410. The van der Waals surface area contributed by atoms with Gasteiger partial charge < -0.3 is 0 Å². The predicted octanol–water partition coefficient (Wildman–Crippen LogP) is 4.24. The van der Waals surface area contributed by atoms with E-state index in [1.165, 1.54) is 18.4 Å². The van der Waals surface area contributed by atoms with Crippen molar-refractivity contribution in [1.29, 1.82) is 0 Å². The van der Waals surface area contributed by atoms with Crippen molar-refractivity contribution in [1.82, 2.24) is 0 Å². The normalized spacial score (nSPS) is 18.0. The van der Waals surface area contributed by atoms with Crippen molar-refractivity contribution in [2.75, 3.05) is 0 Å². The monoisotopic (exact) mass is 215 g/mol. The van der Waals surface area contributed by atoms with Crippen LogP contribution in [-0.2, 0) is 6.42 Å². The number of hydrogen-bond donors (Lipinski definition) is 0. The van der Waals surface area contributed by atoms with E-state index in [0.717, 1.165) is 25.7 Å². The molecule has 0 unspecified atom stereocenters. The minimum absolute atomic E-state index is 0.0927. The molecule has 0 atom stereocenters. The Kier molecular flexibility index (Phi) is 3.47. The molecule has 0 radical (unpaired) electrons. The van der Waals surface area contributed by atoms with Gasteiger partial charge in [0.25, 0.3) is 0 Å². The Balaban J connectivity index is 2.00. The Morgan fingerprint density at radius 3 is 2.50 bits per heavy atom. The molecule has 0 aromatic heterocycles. The summed E-state index contributed by atoms with van der Waals surface area (Å²) in [6, 6.07) is 10.4. The third kappa shape index (κ3) is 2.56. The molecule has 1 aliphatic carbocycles. The minimum Gasteiger partial charge on any atom is -0.0873 e. The Morgan fingerprint density at radius 2 is 1.88 bits per heavy atom. The Labute approximate surface area is 96.1 Å². The molecule has 0 amide bonds. The average molecular weight is 215 g/mol. The highest BCUT2D eigenvalue weighted by atomic mass is 15.2. The number of nitrogens with zero attached hydrogens (tertiary/aromatic N) is 3. The van der Waals surface area contributed by atoms with Crippen molar-refractivity contribution in [2.24, 2.45) is 5.11 Å². The molecule has 0 heterocycles. The van der Waals surface area contributed by atoms with Crippen LogP contribution in [0.4, 0.5) is 0 Å². The van der Waals surface area contributed by atoms with Crippen LogP contribution in [0.3, 0.4) is 0 Å². The van der Waals surface area contributed by atoms with Crippen LogP contribution >= 0.6 is 0 Å². The maximum Gasteiger partial charge on any atom is 0.0491 e. The highest BCUT2D eigenvalue weighted by Crippen LogP contribution is 2.37. The zero-order valence-electron chi connectivity index (χ0n) is 9.47. The van der Waals surface area contributed by atoms with Crippen LogP contribution in [0.15, 0.2) is 35.4 Å². The van der Waals surface area contributed by atoms with Gasteiger partial charge in [-0.2, -0.15) is 0 Å².